The van der Waals surface area contributed by atoms with E-state index >= 15 is 0 Å². The van der Waals surface area contributed by atoms with Crippen LogP contribution in [0.3, 0.4) is 0 Å². The van der Waals surface area contributed by atoms with E-state index in [1.807, 2.05) is 30.3 Å². The Labute approximate surface area is 112 Å². The number of hydrogen-bond donors (Lipinski definition) is 1. The molecule has 0 bridgehead atoms. The molecule has 19 heavy (non-hydrogen) atoms. The Balaban J connectivity index is 2.14. The summed E-state index contributed by atoms with van der Waals surface area (Å²) in [5.41, 5.74) is 9.61. The Morgan fingerprint density at radius 3 is 2.47 bits per heavy atom. The van der Waals surface area contributed by atoms with E-state index < -0.39 is 0 Å². The fraction of sp³-hybridized carbons (Fsp3) is 0.118. The van der Waals surface area contributed by atoms with Crippen molar-refractivity contribution in [3.63, 3.8) is 0 Å². The van der Waals surface area contributed by atoms with Gasteiger partial charge in [0.25, 0.3) is 0 Å². The highest BCUT2D eigenvalue weighted by molar-refractivity contribution is 5.94. The van der Waals surface area contributed by atoms with E-state index in [0.717, 1.165) is 12.0 Å². The molecule has 0 aliphatic heterocycles. The van der Waals surface area contributed by atoms with Crippen molar-refractivity contribution in [1.82, 2.24) is 0 Å². The molecule has 1 aliphatic carbocycles. The van der Waals surface area contributed by atoms with Gasteiger partial charge in [-0.3, -0.25) is 4.79 Å². The zero-order valence-electron chi connectivity index (χ0n) is 10.5. The van der Waals surface area contributed by atoms with Crippen molar-refractivity contribution < 1.29 is 4.79 Å². The van der Waals surface area contributed by atoms with Crippen LogP contribution in [0.5, 0.6) is 0 Å². The predicted molar refractivity (Wildman–Crippen MR) is 76.9 cm³/mol. The predicted octanol–water partition coefficient (Wildman–Crippen LogP) is 3.33. The minimum Gasteiger partial charge on any atom is -0.366 e. The van der Waals surface area contributed by atoms with Crippen molar-refractivity contribution in [3.8, 4) is 0 Å². The molecular formula is C17H15NO. The molecule has 1 atom stereocenters. The van der Waals surface area contributed by atoms with Gasteiger partial charge in [0.15, 0.2) is 0 Å². The van der Waals surface area contributed by atoms with E-state index in [2.05, 4.69) is 24.3 Å². The summed E-state index contributed by atoms with van der Waals surface area (Å²) in [6.07, 6.45) is 5.20. The zero-order valence-corrected chi connectivity index (χ0v) is 10.5. The van der Waals surface area contributed by atoms with Crippen molar-refractivity contribution in [1.29, 1.82) is 0 Å². The smallest absolute Gasteiger partial charge is 0.248 e. The van der Waals surface area contributed by atoms with Crippen LogP contribution in [0, 0.1) is 0 Å². The van der Waals surface area contributed by atoms with Crippen LogP contribution in [-0.2, 0) is 0 Å². The molecular weight excluding hydrogens is 234 g/mol. The van der Waals surface area contributed by atoms with Gasteiger partial charge in [0.1, 0.15) is 0 Å². The Hall–Kier alpha value is -2.35. The molecule has 1 unspecified atom stereocenters. The molecule has 0 fully saturated rings. The molecule has 94 valence electrons. The monoisotopic (exact) mass is 249 g/mol. The number of carbonyl (C=O) groups excluding carboxylic acids is 1. The Kier molecular flexibility index (Phi) is 2.92. The highest BCUT2D eigenvalue weighted by Crippen LogP contribution is 2.36. The molecule has 0 saturated heterocycles. The summed E-state index contributed by atoms with van der Waals surface area (Å²) in [7, 11) is 0. The average molecular weight is 249 g/mol. The van der Waals surface area contributed by atoms with Gasteiger partial charge in [-0.05, 0) is 29.2 Å². The number of fused-ring (bicyclic) bond motifs is 1. The van der Waals surface area contributed by atoms with Gasteiger partial charge in [-0.25, -0.2) is 0 Å². The van der Waals surface area contributed by atoms with Crippen molar-refractivity contribution in [2.24, 2.45) is 5.73 Å². The van der Waals surface area contributed by atoms with Crippen LogP contribution in [0.2, 0.25) is 0 Å². The second-order valence-electron chi connectivity index (χ2n) is 4.77. The van der Waals surface area contributed by atoms with Crippen LogP contribution in [-0.4, -0.2) is 5.91 Å². The normalized spacial score (nSPS) is 16.9. The van der Waals surface area contributed by atoms with E-state index in [-0.39, 0.29) is 11.8 Å². The maximum Gasteiger partial charge on any atom is 0.248 e. The number of primary amides is 1. The molecule has 0 radical (unpaired) electrons. The molecule has 1 amide bonds. The third-order valence-corrected chi connectivity index (χ3v) is 3.64. The molecule has 0 saturated carbocycles. The number of carbonyl (C=O) groups is 1. The number of hydrogen-bond acceptors (Lipinski definition) is 1. The van der Waals surface area contributed by atoms with E-state index in [4.69, 9.17) is 5.73 Å². The summed E-state index contributed by atoms with van der Waals surface area (Å²) in [6.45, 7) is 0. The molecule has 2 aromatic rings. The molecule has 3 rings (SSSR count). The second-order valence-corrected chi connectivity index (χ2v) is 4.77. The van der Waals surface area contributed by atoms with Crippen molar-refractivity contribution in [2.75, 3.05) is 0 Å². The lowest BCUT2D eigenvalue weighted by molar-refractivity contribution is 0.0999. The molecule has 0 heterocycles. The first-order valence-corrected chi connectivity index (χ1v) is 6.41. The summed E-state index contributed by atoms with van der Waals surface area (Å²) >= 11 is 0. The standard InChI is InChI=1S/C17H15NO/c18-17(19)16-10-4-3-9-15(16)14-11-5-7-12-6-1-2-8-13(12)14/h1-10,14H,11H2,(H2,18,19). The molecule has 0 aromatic heterocycles. The van der Waals surface area contributed by atoms with Gasteiger partial charge in [-0.15, -0.1) is 0 Å². The maximum atomic E-state index is 11.6. The summed E-state index contributed by atoms with van der Waals surface area (Å²) in [6, 6.07) is 15.9. The molecule has 2 N–H and O–H groups in total. The Morgan fingerprint density at radius 1 is 1.00 bits per heavy atom. The quantitative estimate of drug-likeness (QED) is 0.871. The number of benzene rings is 2. The third kappa shape index (κ3) is 2.06. The average Bonchev–Trinajstić information content (AvgIpc) is 2.46. The van der Waals surface area contributed by atoms with Gasteiger partial charge in [0.05, 0.1) is 0 Å². The van der Waals surface area contributed by atoms with E-state index in [9.17, 15) is 4.79 Å². The molecule has 2 aromatic carbocycles. The van der Waals surface area contributed by atoms with Gasteiger partial charge in [0.2, 0.25) is 5.91 Å². The molecule has 2 nitrogen and oxygen atoms in total. The van der Waals surface area contributed by atoms with Gasteiger partial charge in [0, 0.05) is 11.5 Å². The van der Waals surface area contributed by atoms with Crippen LogP contribution in [0.1, 0.15) is 39.4 Å². The van der Waals surface area contributed by atoms with E-state index in [0.29, 0.717) is 5.56 Å². The molecule has 0 spiro atoms. The van der Waals surface area contributed by atoms with Gasteiger partial charge < -0.3 is 5.73 Å². The van der Waals surface area contributed by atoms with Crippen LogP contribution in [0.25, 0.3) is 6.08 Å². The number of rotatable bonds is 2. The first-order chi connectivity index (χ1) is 9.27. The minimum atomic E-state index is -0.359. The van der Waals surface area contributed by atoms with Gasteiger partial charge in [-0.1, -0.05) is 54.6 Å². The van der Waals surface area contributed by atoms with Crippen LogP contribution in [0.4, 0.5) is 0 Å². The summed E-state index contributed by atoms with van der Waals surface area (Å²) in [5, 5.41) is 0. The van der Waals surface area contributed by atoms with Gasteiger partial charge >= 0.3 is 0 Å². The lowest BCUT2D eigenvalue weighted by Crippen LogP contribution is -2.16. The lowest BCUT2D eigenvalue weighted by atomic mass is 9.80. The third-order valence-electron chi connectivity index (χ3n) is 3.64. The Bertz CT molecular complexity index is 658. The lowest BCUT2D eigenvalue weighted by Gasteiger charge is -2.23. The topological polar surface area (TPSA) is 43.1 Å². The number of amides is 1. The first-order valence-electron chi connectivity index (χ1n) is 6.41. The van der Waals surface area contributed by atoms with E-state index in [1.165, 1.54) is 11.1 Å². The SMILES string of the molecule is NC(=O)c1ccccc1C1CC=Cc2ccccc21. The molecule has 2 heteroatoms. The van der Waals surface area contributed by atoms with Crippen LogP contribution < -0.4 is 5.73 Å². The second kappa shape index (κ2) is 4.73. The zero-order chi connectivity index (χ0) is 13.2. The summed E-state index contributed by atoms with van der Waals surface area (Å²) < 4.78 is 0. The van der Waals surface area contributed by atoms with Crippen molar-refractivity contribution in [3.05, 3.63) is 76.9 Å². The molecule has 1 aliphatic rings. The minimum absolute atomic E-state index is 0.213. The summed E-state index contributed by atoms with van der Waals surface area (Å²) in [5.74, 6) is -0.146. The highest BCUT2D eigenvalue weighted by atomic mass is 16.1. The summed E-state index contributed by atoms with van der Waals surface area (Å²) in [4.78, 5) is 11.6. The Morgan fingerprint density at radius 2 is 1.68 bits per heavy atom. The van der Waals surface area contributed by atoms with E-state index in [1.54, 1.807) is 6.07 Å². The fourth-order valence-corrected chi connectivity index (χ4v) is 2.76. The fourth-order valence-electron chi connectivity index (χ4n) is 2.76. The van der Waals surface area contributed by atoms with Crippen molar-refractivity contribution in [2.45, 2.75) is 12.3 Å². The first kappa shape index (κ1) is 11.7. The van der Waals surface area contributed by atoms with Crippen LogP contribution >= 0.6 is 0 Å². The number of nitrogens with two attached hydrogens (primary N) is 1. The maximum absolute atomic E-state index is 11.6. The van der Waals surface area contributed by atoms with Crippen LogP contribution in [0.15, 0.2) is 54.6 Å². The van der Waals surface area contributed by atoms with Crippen molar-refractivity contribution >= 4 is 12.0 Å². The highest BCUT2D eigenvalue weighted by Gasteiger charge is 2.22. The number of allylic oxidation sites excluding steroid dienone is 1. The largest absolute Gasteiger partial charge is 0.366 e. The van der Waals surface area contributed by atoms with Gasteiger partial charge in [-0.2, -0.15) is 0 Å².